The molecular formula is C9H8Cl2O2. The van der Waals surface area contributed by atoms with Gasteiger partial charge in [-0.25, -0.2) is 0 Å². The molecule has 0 bridgehead atoms. The summed E-state index contributed by atoms with van der Waals surface area (Å²) in [6.07, 6.45) is 1.05. The third-order valence-electron chi connectivity index (χ3n) is 1.75. The Labute approximate surface area is 86.2 Å². The second-order valence-corrected chi connectivity index (χ2v) is 3.85. The van der Waals surface area contributed by atoms with Crippen molar-refractivity contribution in [1.29, 1.82) is 0 Å². The fraction of sp³-hybridized carbons (Fsp3) is 0.333. The molecule has 4 heteroatoms. The topological polar surface area (TPSA) is 34.1 Å². The van der Waals surface area contributed by atoms with Crippen molar-refractivity contribution < 1.29 is 9.59 Å². The number of allylic oxidation sites excluding steroid dienone is 4. The van der Waals surface area contributed by atoms with E-state index in [0.29, 0.717) is 5.57 Å². The molecular weight excluding hydrogens is 211 g/mol. The maximum absolute atomic E-state index is 11.4. The van der Waals surface area contributed by atoms with Crippen LogP contribution in [-0.4, -0.2) is 11.6 Å². The van der Waals surface area contributed by atoms with E-state index in [4.69, 9.17) is 23.2 Å². The lowest BCUT2D eigenvalue weighted by atomic mass is 9.93. The van der Waals surface area contributed by atoms with Crippen LogP contribution in [0.1, 0.15) is 13.8 Å². The van der Waals surface area contributed by atoms with Gasteiger partial charge in [0.25, 0.3) is 0 Å². The van der Waals surface area contributed by atoms with Crippen LogP contribution in [0.25, 0.3) is 0 Å². The number of Topliss-reactive ketones (excluding diaryl/α,β-unsaturated/α-hetero) is 1. The van der Waals surface area contributed by atoms with Gasteiger partial charge < -0.3 is 0 Å². The number of ketones is 2. The molecule has 0 radical (unpaired) electrons. The van der Waals surface area contributed by atoms with E-state index in [2.05, 4.69) is 0 Å². The Morgan fingerprint density at radius 2 is 1.77 bits per heavy atom. The molecule has 70 valence electrons. The summed E-state index contributed by atoms with van der Waals surface area (Å²) in [5, 5.41) is -0.0671. The summed E-state index contributed by atoms with van der Waals surface area (Å²) in [5.41, 5.74) is 0.305. The second-order valence-electron chi connectivity index (χ2n) is 3.07. The molecule has 1 aliphatic carbocycles. The minimum Gasteiger partial charge on any atom is -0.288 e. The molecule has 0 saturated carbocycles. The molecule has 0 aromatic rings. The first-order chi connectivity index (χ1) is 5.95. The third kappa shape index (κ3) is 1.84. The average Bonchev–Trinajstić information content (AvgIpc) is 2.01. The molecule has 0 N–H and O–H groups in total. The van der Waals surface area contributed by atoms with Gasteiger partial charge in [-0.1, -0.05) is 37.0 Å². The molecule has 0 amide bonds. The Kier molecular flexibility index (Phi) is 2.94. The molecule has 0 aromatic carbocycles. The molecule has 0 fully saturated rings. The van der Waals surface area contributed by atoms with Gasteiger partial charge in [-0.05, 0) is 5.92 Å². The van der Waals surface area contributed by atoms with E-state index >= 15 is 0 Å². The summed E-state index contributed by atoms with van der Waals surface area (Å²) < 4.78 is 0. The van der Waals surface area contributed by atoms with Crippen LogP contribution in [-0.2, 0) is 9.59 Å². The van der Waals surface area contributed by atoms with Crippen molar-refractivity contribution in [3.05, 3.63) is 21.7 Å². The fourth-order valence-electron chi connectivity index (χ4n) is 1.12. The van der Waals surface area contributed by atoms with Crippen molar-refractivity contribution >= 4 is 34.8 Å². The van der Waals surface area contributed by atoms with Crippen molar-refractivity contribution in [2.24, 2.45) is 5.92 Å². The van der Waals surface area contributed by atoms with Gasteiger partial charge in [0, 0.05) is 11.6 Å². The first-order valence-corrected chi connectivity index (χ1v) is 4.56. The zero-order valence-electron chi connectivity index (χ0n) is 7.23. The zero-order chi connectivity index (χ0) is 10.2. The maximum Gasteiger partial charge on any atom is 0.202 e. The van der Waals surface area contributed by atoms with Crippen LogP contribution in [0.2, 0.25) is 0 Å². The van der Waals surface area contributed by atoms with Crippen molar-refractivity contribution in [2.75, 3.05) is 0 Å². The van der Waals surface area contributed by atoms with Crippen LogP contribution in [0.5, 0.6) is 0 Å². The molecule has 0 spiro atoms. The lowest BCUT2D eigenvalue weighted by Crippen LogP contribution is -2.18. The standard InChI is InChI=1S/C9H8Cl2O2/c1-4(2)7-8(11)6(12)3-5(10)9(7)13/h3-4H,1-2H3. The van der Waals surface area contributed by atoms with Crippen molar-refractivity contribution in [3.8, 4) is 0 Å². The van der Waals surface area contributed by atoms with Crippen LogP contribution in [0.4, 0.5) is 0 Å². The van der Waals surface area contributed by atoms with Gasteiger partial charge in [-0.2, -0.15) is 0 Å². The Balaban J connectivity index is 3.23. The number of carbonyl (C=O) groups is 2. The largest absolute Gasteiger partial charge is 0.288 e. The van der Waals surface area contributed by atoms with Crippen LogP contribution in [0.15, 0.2) is 21.7 Å². The van der Waals surface area contributed by atoms with Crippen molar-refractivity contribution in [3.63, 3.8) is 0 Å². The Hall–Kier alpha value is -0.600. The Morgan fingerprint density at radius 1 is 1.23 bits per heavy atom. The third-order valence-corrected chi connectivity index (χ3v) is 2.42. The van der Waals surface area contributed by atoms with E-state index < -0.39 is 5.78 Å². The predicted molar refractivity (Wildman–Crippen MR) is 51.7 cm³/mol. The molecule has 0 aliphatic heterocycles. The summed E-state index contributed by atoms with van der Waals surface area (Å²) in [7, 11) is 0. The second kappa shape index (κ2) is 3.64. The van der Waals surface area contributed by atoms with Crippen LogP contribution < -0.4 is 0 Å². The van der Waals surface area contributed by atoms with Crippen molar-refractivity contribution in [2.45, 2.75) is 13.8 Å². The summed E-state index contributed by atoms with van der Waals surface area (Å²) in [5.74, 6) is -0.831. The molecule has 1 rings (SSSR count). The van der Waals surface area contributed by atoms with E-state index in [9.17, 15) is 9.59 Å². The quantitative estimate of drug-likeness (QED) is 0.634. The monoisotopic (exact) mass is 218 g/mol. The SMILES string of the molecule is CC(C)C1=C(Cl)C(=O)C=C(Cl)C1=O. The molecule has 2 nitrogen and oxygen atoms in total. The minimum absolute atomic E-state index is 0.00981. The normalized spacial score (nSPS) is 18.4. The highest BCUT2D eigenvalue weighted by Gasteiger charge is 2.28. The van der Waals surface area contributed by atoms with Gasteiger partial charge in [-0.3, -0.25) is 9.59 Å². The summed E-state index contributed by atoms with van der Waals surface area (Å²) in [6.45, 7) is 3.58. The molecule has 0 saturated heterocycles. The van der Waals surface area contributed by atoms with Crippen LogP contribution in [0, 0.1) is 5.92 Å². The minimum atomic E-state index is -0.394. The molecule has 1 aliphatic rings. The highest BCUT2D eigenvalue weighted by Crippen LogP contribution is 2.28. The zero-order valence-corrected chi connectivity index (χ0v) is 8.74. The van der Waals surface area contributed by atoms with E-state index in [1.54, 1.807) is 13.8 Å². The predicted octanol–water partition coefficient (Wildman–Crippen LogP) is 2.41. The van der Waals surface area contributed by atoms with E-state index in [1.807, 2.05) is 0 Å². The van der Waals surface area contributed by atoms with Gasteiger partial charge in [0.05, 0.1) is 10.1 Å². The van der Waals surface area contributed by atoms with Crippen molar-refractivity contribution in [1.82, 2.24) is 0 Å². The molecule has 0 heterocycles. The number of halogens is 2. The number of rotatable bonds is 1. The fourth-order valence-corrected chi connectivity index (χ4v) is 1.68. The first kappa shape index (κ1) is 10.5. The molecule has 0 aromatic heterocycles. The first-order valence-electron chi connectivity index (χ1n) is 3.81. The summed E-state index contributed by atoms with van der Waals surface area (Å²) in [6, 6.07) is 0. The van der Waals surface area contributed by atoms with E-state index in [1.165, 1.54) is 0 Å². The van der Waals surface area contributed by atoms with E-state index in [-0.39, 0.29) is 21.8 Å². The van der Waals surface area contributed by atoms with Crippen LogP contribution >= 0.6 is 23.2 Å². The van der Waals surface area contributed by atoms with Gasteiger partial charge in [0.1, 0.15) is 0 Å². The number of hydrogen-bond acceptors (Lipinski definition) is 2. The lowest BCUT2D eigenvalue weighted by molar-refractivity contribution is -0.115. The highest BCUT2D eigenvalue weighted by molar-refractivity contribution is 6.55. The number of hydrogen-bond donors (Lipinski definition) is 0. The number of carbonyl (C=O) groups excluding carboxylic acids is 2. The molecule has 0 unspecified atom stereocenters. The Bertz CT molecular complexity index is 338. The van der Waals surface area contributed by atoms with E-state index in [0.717, 1.165) is 6.08 Å². The lowest BCUT2D eigenvalue weighted by Gasteiger charge is -2.14. The molecule has 0 atom stereocenters. The average molecular weight is 219 g/mol. The van der Waals surface area contributed by atoms with Gasteiger partial charge in [-0.15, -0.1) is 0 Å². The Morgan fingerprint density at radius 3 is 2.23 bits per heavy atom. The smallest absolute Gasteiger partial charge is 0.202 e. The highest BCUT2D eigenvalue weighted by atomic mass is 35.5. The van der Waals surface area contributed by atoms with Gasteiger partial charge >= 0.3 is 0 Å². The molecule has 13 heavy (non-hydrogen) atoms. The maximum atomic E-state index is 11.4. The van der Waals surface area contributed by atoms with Gasteiger partial charge in [0.2, 0.25) is 5.78 Å². The van der Waals surface area contributed by atoms with Crippen LogP contribution in [0.3, 0.4) is 0 Å². The van der Waals surface area contributed by atoms with Gasteiger partial charge in [0.15, 0.2) is 5.78 Å². The summed E-state index contributed by atoms with van der Waals surface area (Å²) >= 11 is 11.3. The summed E-state index contributed by atoms with van der Waals surface area (Å²) in [4.78, 5) is 22.6.